The zero-order chi connectivity index (χ0) is 18.6. The van der Waals surface area contributed by atoms with Crippen LogP contribution in [0.4, 0.5) is 13.2 Å². The molecule has 1 heterocycles. The molecule has 1 aliphatic rings. The average molecular weight is 358 g/mol. The number of ether oxygens (including phenoxy) is 1. The van der Waals surface area contributed by atoms with Gasteiger partial charge in [-0.25, -0.2) is 9.59 Å². The normalized spacial score (nSPS) is 18.7. The Bertz CT molecular complexity index is 649. The van der Waals surface area contributed by atoms with Crippen molar-refractivity contribution in [3.63, 3.8) is 0 Å². The standard InChI is InChI=1S/C16H17F3N2O4/c17-16(18,19)15(24)25-14(23)12-7-4-8-21(12)13(22)11(20)9-10-5-2-1-3-6-10/h1-3,5-6,11-12H,4,7-9,20H2/t11-,12?/m0/s1. The van der Waals surface area contributed by atoms with E-state index in [-0.39, 0.29) is 19.4 Å². The molecular weight excluding hydrogens is 341 g/mol. The third-order valence-electron chi connectivity index (χ3n) is 3.85. The van der Waals surface area contributed by atoms with E-state index in [1.165, 1.54) is 0 Å². The number of hydrogen-bond acceptors (Lipinski definition) is 5. The summed E-state index contributed by atoms with van der Waals surface area (Å²) >= 11 is 0. The maximum absolute atomic E-state index is 12.4. The molecule has 2 atom stereocenters. The second-order valence-corrected chi connectivity index (χ2v) is 5.69. The van der Waals surface area contributed by atoms with Crippen LogP contribution in [0.2, 0.25) is 0 Å². The molecule has 0 saturated carbocycles. The summed E-state index contributed by atoms with van der Waals surface area (Å²) in [7, 11) is 0. The minimum absolute atomic E-state index is 0.119. The Morgan fingerprint density at radius 2 is 1.88 bits per heavy atom. The monoisotopic (exact) mass is 358 g/mol. The maximum Gasteiger partial charge on any atom is 0.491 e. The summed E-state index contributed by atoms with van der Waals surface area (Å²) in [5.41, 5.74) is 6.69. The average Bonchev–Trinajstić information content (AvgIpc) is 3.03. The minimum atomic E-state index is -5.27. The number of rotatable bonds is 4. The van der Waals surface area contributed by atoms with Crippen LogP contribution in [0.3, 0.4) is 0 Å². The van der Waals surface area contributed by atoms with Crippen LogP contribution < -0.4 is 5.73 Å². The molecule has 0 radical (unpaired) electrons. The van der Waals surface area contributed by atoms with Gasteiger partial charge in [-0.2, -0.15) is 13.2 Å². The Hall–Kier alpha value is -2.42. The molecule has 0 bridgehead atoms. The van der Waals surface area contributed by atoms with E-state index in [4.69, 9.17) is 5.73 Å². The summed E-state index contributed by atoms with van der Waals surface area (Å²) in [5.74, 6) is -4.55. The van der Waals surface area contributed by atoms with E-state index in [9.17, 15) is 27.6 Å². The highest BCUT2D eigenvalue weighted by Gasteiger charge is 2.45. The third kappa shape index (κ3) is 4.79. The first-order chi connectivity index (χ1) is 11.7. The van der Waals surface area contributed by atoms with Crippen LogP contribution in [-0.2, 0) is 25.5 Å². The van der Waals surface area contributed by atoms with Gasteiger partial charge in [0.15, 0.2) is 0 Å². The van der Waals surface area contributed by atoms with Gasteiger partial charge in [-0.3, -0.25) is 4.79 Å². The van der Waals surface area contributed by atoms with Gasteiger partial charge in [0.2, 0.25) is 5.91 Å². The highest BCUT2D eigenvalue weighted by molar-refractivity contribution is 5.94. The van der Waals surface area contributed by atoms with Crippen molar-refractivity contribution >= 4 is 17.8 Å². The molecule has 25 heavy (non-hydrogen) atoms. The molecular formula is C16H17F3N2O4. The molecule has 136 valence electrons. The lowest BCUT2D eigenvalue weighted by Crippen LogP contribution is -2.50. The molecule has 2 N–H and O–H groups in total. The number of halogens is 3. The lowest BCUT2D eigenvalue weighted by Gasteiger charge is -2.26. The van der Waals surface area contributed by atoms with Crippen LogP contribution in [0.15, 0.2) is 30.3 Å². The number of amides is 1. The lowest BCUT2D eigenvalue weighted by atomic mass is 10.1. The predicted octanol–water partition coefficient (Wildman–Crippen LogP) is 1.18. The van der Waals surface area contributed by atoms with Gasteiger partial charge in [0.25, 0.3) is 0 Å². The van der Waals surface area contributed by atoms with Gasteiger partial charge in [-0.1, -0.05) is 30.3 Å². The van der Waals surface area contributed by atoms with Crippen molar-refractivity contribution in [1.82, 2.24) is 4.90 Å². The van der Waals surface area contributed by atoms with Gasteiger partial charge in [0.1, 0.15) is 6.04 Å². The number of benzene rings is 1. The van der Waals surface area contributed by atoms with Crippen molar-refractivity contribution < 1.29 is 32.3 Å². The quantitative estimate of drug-likeness (QED) is 0.645. The van der Waals surface area contributed by atoms with Gasteiger partial charge >= 0.3 is 18.1 Å². The van der Waals surface area contributed by atoms with Crippen molar-refractivity contribution in [1.29, 1.82) is 0 Å². The largest absolute Gasteiger partial charge is 0.491 e. The number of alkyl halides is 3. The second kappa shape index (κ2) is 7.64. The Labute approximate surface area is 141 Å². The van der Waals surface area contributed by atoms with Crippen molar-refractivity contribution in [3.8, 4) is 0 Å². The smallest absolute Gasteiger partial charge is 0.385 e. The third-order valence-corrected chi connectivity index (χ3v) is 3.85. The molecule has 2 rings (SSSR count). The zero-order valence-electron chi connectivity index (χ0n) is 13.2. The van der Waals surface area contributed by atoms with Crippen LogP contribution in [0.25, 0.3) is 0 Å². The van der Waals surface area contributed by atoms with E-state index in [0.717, 1.165) is 10.5 Å². The molecule has 1 aromatic carbocycles. The number of carbonyl (C=O) groups is 3. The number of nitrogens with zero attached hydrogens (tertiary/aromatic N) is 1. The zero-order valence-corrected chi connectivity index (χ0v) is 13.2. The van der Waals surface area contributed by atoms with Crippen LogP contribution in [0.5, 0.6) is 0 Å². The first-order valence-electron chi connectivity index (χ1n) is 7.63. The first kappa shape index (κ1) is 18.9. The first-order valence-corrected chi connectivity index (χ1v) is 7.63. The molecule has 9 heteroatoms. The molecule has 1 unspecified atom stereocenters. The van der Waals surface area contributed by atoms with Crippen LogP contribution in [0, 0.1) is 0 Å². The summed E-state index contributed by atoms with van der Waals surface area (Å²) in [6, 6.07) is 6.75. The van der Waals surface area contributed by atoms with E-state index in [1.54, 1.807) is 30.3 Å². The van der Waals surface area contributed by atoms with Crippen molar-refractivity contribution in [2.24, 2.45) is 5.73 Å². The van der Waals surface area contributed by atoms with Crippen molar-refractivity contribution in [2.75, 3.05) is 6.54 Å². The summed E-state index contributed by atoms with van der Waals surface area (Å²) in [6.07, 6.45) is -4.52. The van der Waals surface area contributed by atoms with Crippen molar-refractivity contribution in [2.45, 2.75) is 37.5 Å². The Morgan fingerprint density at radius 3 is 2.48 bits per heavy atom. The fourth-order valence-electron chi connectivity index (χ4n) is 2.66. The highest BCUT2D eigenvalue weighted by Crippen LogP contribution is 2.22. The van der Waals surface area contributed by atoms with Gasteiger partial charge in [0, 0.05) is 6.54 Å². The Balaban J connectivity index is 2.01. The van der Waals surface area contributed by atoms with Gasteiger partial charge < -0.3 is 15.4 Å². The second-order valence-electron chi connectivity index (χ2n) is 5.69. The predicted molar refractivity (Wildman–Crippen MR) is 80.0 cm³/mol. The molecule has 0 aliphatic carbocycles. The van der Waals surface area contributed by atoms with E-state index in [1.807, 2.05) is 0 Å². The number of carbonyl (C=O) groups excluding carboxylic acids is 3. The molecule has 1 saturated heterocycles. The Kier molecular flexibility index (Phi) is 5.78. The number of esters is 2. The topological polar surface area (TPSA) is 89.7 Å². The molecule has 1 aliphatic heterocycles. The number of nitrogens with two attached hydrogens (primary N) is 1. The van der Waals surface area contributed by atoms with Gasteiger partial charge in [-0.05, 0) is 24.8 Å². The molecule has 1 fully saturated rings. The maximum atomic E-state index is 12.4. The minimum Gasteiger partial charge on any atom is -0.385 e. The van der Waals surface area contributed by atoms with E-state index >= 15 is 0 Å². The van der Waals surface area contributed by atoms with E-state index < -0.39 is 36.1 Å². The van der Waals surface area contributed by atoms with E-state index in [0.29, 0.717) is 6.42 Å². The number of likely N-dealkylation sites (tertiary alicyclic amines) is 1. The van der Waals surface area contributed by atoms with Gasteiger partial charge in [-0.15, -0.1) is 0 Å². The van der Waals surface area contributed by atoms with Crippen LogP contribution in [-0.4, -0.2) is 47.6 Å². The molecule has 6 nitrogen and oxygen atoms in total. The molecule has 0 spiro atoms. The fourth-order valence-corrected chi connectivity index (χ4v) is 2.66. The summed E-state index contributed by atoms with van der Waals surface area (Å²) in [4.78, 5) is 36.1. The highest BCUT2D eigenvalue weighted by atomic mass is 19.4. The molecule has 1 amide bonds. The molecule has 1 aromatic rings. The molecule has 0 aromatic heterocycles. The number of hydrogen-bond donors (Lipinski definition) is 1. The van der Waals surface area contributed by atoms with Crippen LogP contribution >= 0.6 is 0 Å². The summed E-state index contributed by atoms with van der Waals surface area (Å²) in [6.45, 7) is 0.168. The van der Waals surface area contributed by atoms with Crippen molar-refractivity contribution in [3.05, 3.63) is 35.9 Å². The SMILES string of the molecule is N[C@@H](Cc1ccccc1)C(=O)N1CCCC1C(=O)OC(=O)C(F)(F)F. The Morgan fingerprint density at radius 1 is 1.24 bits per heavy atom. The lowest BCUT2D eigenvalue weighted by molar-refractivity contribution is -0.203. The summed E-state index contributed by atoms with van der Waals surface area (Å²) < 4.78 is 40.4. The fraction of sp³-hybridized carbons (Fsp3) is 0.438. The van der Waals surface area contributed by atoms with Crippen LogP contribution in [0.1, 0.15) is 18.4 Å². The summed E-state index contributed by atoms with van der Waals surface area (Å²) in [5, 5.41) is 0. The van der Waals surface area contributed by atoms with Gasteiger partial charge in [0.05, 0.1) is 6.04 Å². The van der Waals surface area contributed by atoms with E-state index in [2.05, 4.69) is 4.74 Å².